The van der Waals surface area contributed by atoms with Crippen molar-refractivity contribution in [1.29, 1.82) is 0 Å². The number of benzene rings is 1. The highest BCUT2D eigenvalue weighted by molar-refractivity contribution is 7.89. The minimum atomic E-state index is -4.64. The molecular weight excluding hydrogens is 299 g/mol. The Balaban J connectivity index is 2.36. The van der Waals surface area contributed by atoms with E-state index < -0.39 is 38.9 Å². The van der Waals surface area contributed by atoms with Gasteiger partial charge in [-0.05, 0) is 18.2 Å². The standard InChI is InChI=1S/C11H12F3NO4S/c12-11(13,14)7-2-1-3-8(4-7)20(18,19)15-5-9(16)10(17)6-15/h1-4,9-10,16-17H,5-6H2/t9-,10+. The van der Waals surface area contributed by atoms with Gasteiger partial charge in [-0.25, -0.2) is 8.42 Å². The lowest BCUT2D eigenvalue weighted by molar-refractivity contribution is -0.137. The van der Waals surface area contributed by atoms with E-state index in [4.69, 9.17) is 0 Å². The fraction of sp³-hybridized carbons (Fsp3) is 0.455. The predicted octanol–water partition coefficient (Wildman–Crippen LogP) is 0.432. The summed E-state index contributed by atoms with van der Waals surface area (Å²) in [5.74, 6) is 0. The fourth-order valence-electron chi connectivity index (χ4n) is 1.91. The molecular formula is C11H12F3NO4S. The van der Waals surface area contributed by atoms with Gasteiger partial charge in [0.2, 0.25) is 10.0 Å². The first-order valence-electron chi connectivity index (χ1n) is 5.66. The maximum absolute atomic E-state index is 12.6. The summed E-state index contributed by atoms with van der Waals surface area (Å²) in [6, 6.07) is 3.35. The second-order valence-electron chi connectivity index (χ2n) is 4.48. The van der Waals surface area contributed by atoms with Crippen LogP contribution in [0.3, 0.4) is 0 Å². The highest BCUT2D eigenvalue weighted by Crippen LogP contribution is 2.31. The Kier molecular flexibility index (Phi) is 3.80. The van der Waals surface area contributed by atoms with E-state index in [1.165, 1.54) is 0 Å². The summed E-state index contributed by atoms with van der Waals surface area (Å²) >= 11 is 0. The number of hydrogen-bond donors (Lipinski definition) is 2. The minimum absolute atomic E-state index is 0.347. The van der Waals surface area contributed by atoms with Gasteiger partial charge in [0, 0.05) is 13.1 Å². The Labute approximate surface area is 113 Å². The van der Waals surface area contributed by atoms with Crippen LogP contribution in [0.2, 0.25) is 0 Å². The van der Waals surface area contributed by atoms with Crippen LogP contribution in [0.1, 0.15) is 5.56 Å². The number of halogens is 3. The van der Waals surface area contributed by atoms with Crippen LogP contribution < -0.4 is 0 Å². The molecule has 2 atom stereocenters. The lowest BCUT2D eigenvalue weighted by atomic mass is 10.2. The van der Waals surface area contributed by atoms with E-state index in [0.29, 0.717) is 6.07 Å². The Bertz CT molecular complexity index is 592. The van der Waals surface area contributed by atoms with Gasteiger partial charge < -0.3 is 10.2 Å². The summed E-state index contributed by atoms with van der Waals surface area (Å²) in [6.07, 6.45) is -7.12. The van der Waals surface area contributed by atoms with Gasteiger partial charge in [-0.15, -0.1) is 0 Å². The Morgan fingerprint density at radius 1 is 1.15 bits per heavy atom. The molecule has 1 saturated heterocycles. The van der Waals surface area contributed by atoms with E-state index in [0.717, 1.165) is 22.5 Å². The van der Waals surface area contributed by atoms with Crippen molar-refractivity contribution in [3.8, 4) is 0 Å². The van der Waals surface area contributed by atoms with Gasteiger partial charge in [-0.1, -0.05) is 6.07 Å². The summed E-state index contributed by atoms with van der Waals surface area (Å²) in [4.78, 5) is -0.520. The molecule has 0 unspecified atom stereocenters. The Morgan fingerprint density at radius 2 is 1.70 bits per heavy atom. The second-order valence-corrected chi connectivity index (χ2v) is 6.42. The zero-order valence-electron chi connectivity index (χ0n) is 10.1. The van der Waals surface area contributed by atoms with Crippen LogP contribution in [0.5, 0.6) is 0 Å². The zero-order chi connectivity index (χ0) is 15.1. The highest BCUT2D eigenvalue weighted by atomic mass is 32.2. The van der Waals surface area contributed by atoms with E-state index in [1.807, 2.05) is 0 Å². The Hall–Kier alpha value is -1.16. The number of sulfonamides is 1. The molecule has 1 aliphatic heterocycles. The van der Waals surface area contributed by atoms with Crippen molar-refractivity contribution in [2.45, 2.75) is 23.3 Å². The van der Waals surface area contributed by atoms with Gasteiger partial charge in [0.1, 0.15) is 0 Å². The third-order valence-electron chi connectivity index (χ3n) is 3.02. The third kappa shape index (κ3) is 2.80. The second kappa shape index (κ2) is 4.99. The van der Waals surface area contributed by atoms with Crippen molar-refractivity contribution >= 4 is 10.0 Å². The SMILES string of the molecule is O=S(=O)(c1cccc(C(F)(F)F)c1)N1C[C@@H](O)[C@@H](O)C1. The molecule has 5 nitrogen and oxygen atoms in total. The zero-order valence-corrected chi connectivity index (χ0v) is 10.9. The Morgan fingerprint density at radius 3 is 2.20 bits per heavy atom. The number of alkyl halides is 3. The van der Waals surface area contributed by atoms with Crippen molar-refractivity contribution < 1.29 is 31.8 Å². The van der Waals surface area contributed by atoms with Crippen LogP contribution in [0.25, 0.3) is 0 Å². The van der Waals surface area contributed by atoms with E-state index >= 15 is 0 Å². The van der Waals surface area contributed by atoms with Gasteiger partial charge >= 0.3 is 6.18 Å². The predicted molar refractivity (Wildman–Crippen MR) is 62.2 cm³/mol. The summed E-state index contributed by atoms with van der Waals surface area (Å²) in [6.45, 7) is -0.695. The van der Waals surface area contributed by atoms with E-state index in [2.05, 4.69) is 0 Å². The van der Waals surface area contributed by atoms with E-state index in [-0.39, 0.29) is 13.1 Å². The summed E-state index contributed by atoms with van der Waals surface area (Å²) < 4.78 is 62.8. The van der Waals surface area contributed by atoms with Gasteiger partial charge in [0.15, 0.2) is 0 Å². The maximum atomic E-state index is 12.6. The molecule has 2 N–H and O–H groups in total. The molecule has 9 heteroatoms. The number of nitrogens with zero attached hydrogens (tertiary/aromatic N) is 1. The van der Waals surface area contributed by atoms with E-state index in [9.17, 15) is 31.8 Å². The molecule has 0 aromatic heterocycles. The van der Waals surface area contributed by atoms with Gasteiger partial charge in [-0.3, -0.25) is 0 Å². The van der Waals surface area contributed by atoms with Crippen molar-refractivity contribution in [2.75, 3.05) is 13.1 Å². The third-order valence-corrected chi connectivity index (χ3v) is 4.85. The molecule has 2 rings (SSSR count). The smallest absolute Gasteiger partial charge is 0.389 e. The van der Waals surface area contributed by atoms with Crippen LogP contribution in [0, 0.1) is 0 Å². The quantitative estimate of drug-likeness (QED) is 0.830. The molecule has 0 aliphatic carbocycles. The van der Waals surface area contributed by atoms with E-state index in [1.54, 1.807) is 0 Å². The molecule has 0 bridgehead atoms. The van der Waals surface area contributed by atoms with Crippen LogP contribution in [-0.2, 0) is 16.2 Å². The number of aliphatic hydroxyl groups is 2. The topological polar surface area (TPSA) is 77.8 Å². The largest absolute Gasteiger partial charge is 0.416 e. The lowest BCUT2D eigenvalue weighted by Gasteiger charge is -2.16. The lowest BCUT2D eigenvalue weighted by Crippen LogP contribution is -2.30. The van der Waals surface area contributed by atoms with Gasteiger partial charge in [0.25, 0.3) is 0 Å². The number of rotatable bonds is 2. The van der Waals surface area contributed by atoms with Crippen molar-refractivity contribution in [1.82, 2.24) is 4.31 Å². The van der Waals surface area contributed by atoms with Crippen LogP contribution >= 0.6 is 0 Å². The minimum Gasteiger partial charge on any atom is -0.389 e. The first kappa shape index (κ1) is 15.2. The monoisotopic (exact) mass is 311 g/mol. The molecule has 1 fully saturated rings. The van der Waals surface area contributed by atoms with Crippen LogP contribution in [0.15, 0.2) is 29.2 Å². The molecule has 1 aromatic rings. The fourth-order valence-corrected chi connectivity index (χ4v) is 3.44. The molecule has 112 valence electrons. The number of aliphatic hydroxyl groups excluding tert-OH is 2. The van der Waals surface area contributed by atoms with Crippen molar-refractivity contribution in [3.05, 3.63) is 29.8 Å². The molecule has 20 heavy (non-hydrogen) atoms. The molecule has 0 amide bonds. The van der Waals surface area contributed by atoms with Gasteiger partial charge in [-0.2, -0.15) is 17.5 Å². The van der Waals surface area contributed by atoms with Crippen LogP contribution in [-0.4, -0.2) is 48.2 Å². The molecule has 1 aliphatic rings. The normalized spacial score (nSPS) is 25.1. The molecule has 1 heterocycles. The highest BCUT2D eigenvalue weighted by Gasteiger charge is 2.38. The average Bonchev–Trinajstić information content (AvgIpc) is 2.69. The maximum Gasteiger partial charge on any atom is 0.416 e. The van der Waals surface area contributed by atoms with Crippen LogP contribution in [0.4, 0.5) is 13.2 Å². The average molecular weight is 311 g/mol. The van der Waals surface area contributed by atoms with Gasteiger partial charge in [0.05, 0.1) is 22.7 Å². The number of β-amino-alcohol motifs (C(OH)–C–C–N with tert-alkyl or cyclic N) is 2. The molecule has 0 radical (unpaired) electrons. The van der Waals surface area contributed by atoms with Crippen molar-refractivity contribution in [2.24, 2.45) is 0 Å². The molecule has 0 saturated carbocycles. The number of hydrogen-bond acceptors (Lipinski definition) is 4. The van der Waals surface area contributed by atoms with Crippen molar-refractivity contribution in [3.63, 3.8) is 0 Å². The molecule has 0 spiro atoms. The summed E-state index contributed by atoms with van der Waals surface area (Å²) in [7, 11) is -4.17. The molecule has 1 aromatic carbocycles. The summed E-state index contributed by atoms with van der Waals surface area (Å²) in [5.41, 5.74) is -1.07. The first-order chi connectivity index (χ1) is 9.12. The summed E-state index contributed by atoms with van der Waals surface area (Å²) in [5, 5.41) is 18.7. The first-order valence-corrected chi connectivity index (χ1v) is 7.10.